The summed E-state index contributed by atoms with van der Waals surface area (Å²) in [6.45, 7) is 18.1. The molecule has 0 radical (unpaired) electrons. The first kappa shape index (κ1) is 24.7. The summed E-state index contributed by atoms with van der Waals surface area (Å²) in [5.74, 6) is 6.26. The zero-order chi connectivity index (χ0) is 21.3. The predicted octanol–water partition coefficient (Wildman–Crippen LogP) is 6.56. The van der Waals surface area contributed by atoms with Crippen LogP contribution in [0.2, 0.25) is 16.6 Å². The van der Waals surface area contributed by atoms with E-state index in [9.17, 15) is 4.79 Å². The number of carbonyl (C=O) groups is 1. The Kier molecular flexibility index (Phi) is 10.3. The average Bonchev–Trinajstić information content (AvgIpc) is 2.62. The van der Waals surface area contributed by atoms with Crippen LogP contribution in [0.1, 0.15) is 80.1 Å². The molecule has 1 unspecified atom stereocenters. The highest BCUT2D eigenvalue weighted by atomic mass is 28.4. The molecule has 1 atom stereocenters. The Labute approximate surface area is 174 Å². The van der Waals surface area contributed by atoms with E-state index in [4.69, 9.17) is 9.16 Å². The minimum absolute atomic E-state index is 0.0173. The Morgan fingerprint density at radius 2 is 1.75 bits per heavy atom. The molecule has 0 aromatic heterocycles. The van der Waals surface area contributed by atoms with Crippen LogP contribution in [0.15, 0.2) is 23.8 Å². The van der Waals surface area contributed by atoms with E-state index in [0.717, 1.165) is 43.3 Å². The fourth-order valence-corrected chi connectivity index (χ4v) is 10.2. The van der Waals surface area contributed by atoms with Crippen LogP contribution in [0.25, 0.3) is 0 Å². The summed E-state index contributed by atoms with van der Waals surface area (Å²) in [5.41, 5.74) is 3.28. The second kappa shape index (κ2) is 11.6. The molecule has 0 saturated carbocycles. The molecule has 1 aliphatic rings. The van der Waals surface area contributed by atoms with Crippen molar-refractivity contribution in [2.45, 2.75) is 103 Å². The molecular formula is C24H40O3Si. The SMILES string of the molecule is C=C1C#CCC/C=C(\C(=O)OC)CCCCC1O[Si](C(C)C)(C(C)C)C(C)C. The van der Waals surface area contributed by atoms with Crippen molar-refractivity contribution in [3.05, 3.63) is 23.8 Å². The number of ether oxygens (including phenoxy) is 1. The van der Waals surface area contributed by atoms with Crippen LogP contribution >= 0.6 is 0 Å². The van der Waals surface area contributed by atoms with Gasteiger partial charge in [-0.1, -0.05) is 72.5 Å². The molecule has 0 fully saturated rings. The van der Waals surface area contributed by atoms with Gasteiger partial charge in [-0.15, -0.1) is 0 Å². The molecule has 28 heavy (non-hydrogen) atoms. The molecule has 0 aliphatic heterocycles. The third-order valence-corrected chi connectivity index (χ3v) is 12.1. The van der Waals surface area contributed by atoms with Crippen LogP contribution in [0, 0.1) is 11.8 Å². The maximum absolute atomic E-state index is 12.0. The Bertz CT molecular complexity index is 598. The minimum Gasteiger partial charge on any atom is -0.466 e. The first-order chi connectivity index (χ1) is 13.2. The van der Waals surface area contributed by atoms with E-state index in [2.05, 4.69) is 60.0 Å². The van der Waals surface area contributed by atoms with Gasteiger partial charge in [-0.25, -0.2) is 4.79 Å². The lowest BCUT2D eigenvalue weighted by Gasteiger charge is -2.44. The van der Waals surface area contributed by atoms with E-state index in [-0.39, 0.29) is 12.1 Å². The third-order valence-electron chi connectivity index (χ3n) is 5.96. The van der Waals surface area contributed by atoms with Crippen LogP contribution in [0.5, 0.6) is 0 Å². The second-order valence-electron chi connectivity index (χ2n) is 8.76. The molecular weight excluding hydrogens is 364 g/mol. The van der Waals surface area contributed by atoms with Crippen molar-refractivity contribution < 1.29 is 14.0 Å². The van der Waals surface area contributed by atoms with Crippen molar-refractivity contribution in [3.63, 3.8) is 0 Å². The van der Waals surface area contributed by atoms with Gasteiger partial charge in [-0.2, -0.15) is 0 Å². The fourth-order valence-electron chi connectivity index (χ4n) is 4.60. The molecule has 1 aliphatic carbocycles. The van der Waals surface area contributed by atoms with Gasteiger partial charge in [0.2, 0.25) is 8.32 Å². The lowest BCUT2D eigenvalue weighted by molar-refractivity contribution is -0.136. The van der Waals surface area contributed by atoms with E-state index >= 15 is 0 Å². The molecule has 0 N–H and O–H groups in total. The highest BCUT2D eigenvalue weighted by Crippen LogP contribution is 2.44. The van der Waals surface area contributed by atoms with Crippen LogP contribution in [-0.2, 0) is 14.0 Å². The summed E-state index contributed by atoms with van der Waals surface area (Å²) in [6, 6.07) is 0. The number of allylic oxidation sites excluding steroid dienone is 1. The van der Waals surface area contributed by atoms with Gasteiger partial charge in [0.1, 0.15) is 0 Å². The van der Waals surface area contributed by atoms with E-state index in [1.807, 2.05) is 6.08 Å². The maximum atomic E-state index is 12.0. The molecule has 0 aromatic rings. The van der Waals surface area contributed by atoms with E-state index in [1.54, 1.807) is 0 Å². The molecule has 0 saturated heterocycles. The minimum atomic E-state index is -2.00. The summed E-state index contributed by atoms with van der Waals surface area (Å²) in [4.78, 5) is 12.0. The Morgan fingerprint density at radius 3 is 2.29 bits per heavy atom. The quantitative estimate of drug-likeness (QED) is 0.286. The number of hydrogen-bond donors (Lipinski definition) is 0. The number of rotatable bonds is 6. The lowest BCUT2D eigenvalue weighted by atomic mass is 10.0. The molecule has 0 aromatic carbocycles. The molecule has 3 nitrogen and oxygen atoms in total. The van der Waals surface area contributed by atoms with Gasteiger partial charge in [-0.05, 0) is 42.3 Å². The average molecular weight is 405 g/mol. The van der Waals surface area contributed by atoms with Crippen molar-refractivity contribution in [3.8, 4) is 11.8 Å². The van der Waals surface area contributed by atoms with E-state index in [0.29, 0.717) is 23.0 Å². The van der Waals surface area contributed by atoms with Gasteiger partial charge in [0.05, 0.1) is 13.2 Å². The monoisotopic (exact) mass is 404 g/mol. The van der Waals surface area contributed by atoms with Crippen molar-refractivity contribution in [1.29, 1.82) is 0 Å². The summed E-state index contributed by atoms with van der Waals surface area (Å²) in [7, 11) is -0.553. The van der Waals surface area contributed by atoms with Gasteiger partial charge in [0, 0.05) is 17.6 Å². The highest BCUT2D eigenvalue weighted by molar-refractivity contribution is 6.77. The molecule has 4 heteroatoms. The van der Waals surface area contributed by atoms with Crippen molar-refractivity contribution in [2.75, 3.05) is 7.11 Å². The second-order valence-corrected chi connectivity index (χ2v) is 14.2. The van der Waals surface area contributed by atoms with Gasteiger partial charge in [0.15, 0.2) is 0 Å². The smallest absolute Gasteiger partial charge is 0.333 e. The van der Waals surface area contributed by atoms with Crippen molar-refractivity contribution in [2.24, 2.45) is 0 Å². The number of esters is 1. The summed E-state index contributed by atoms with van der Waals surface area (Å²) >= 11 is 0. The third kappa shape index (κ3) is 6.35. The van der Waals surface area contributed by atoms with Crippen LogP contribution in [0.4, 0.5) is 0 Å². The van der Waals surface area contributed by atoms with Crippen molar-refractivity contribution >= 4 is 14.3 Å². The lowest BCUT2D eigenvalue weighted by Crippen LogP contribution is -2.50. The summed E-state index contributed by atoms with van der Waals surface area (Å²) in [5, 5.41) is 0. The zero-order valence-corrected chi connectivity index (χ0v) is 20.1. The van der Waals surface area contributed by atoms with Gasteiger partial charge < -0.3 is 9.16 Å². The topological polar surface area (TPSA) is 35.5 Å². The highest BCUT2D eigenvalue weighted by Gasteiger charge is 2.46. The van der Waals surface area contributed by atoms with E-state index < -0.39 is 8.32 Å². The molecule has 1 rings (SSSR count). The van der Waals surface area contributed by atoms with Gasteiger partial charge >= 0.3 is 5.97 Å². The largest absolute Gasteiger partial charge is 0.466 e. The van der Waals surface area contributed by atoms with Crippen LogP contribution in [-0.4, -0.2) is 27.5 Å². The summed E-state index contributed by atoms with van der Waals surface area (Å²) < 4.78 is 11.9. The van der Waals surface area contributed by atoms with Crippen molar-refractivity contribution in [1.82, 2.24) is 0 Å². The Morgan fingerprint density at radius 1 is 1.14 bits per heavy atom. The molecule has 0 spiro atoms. The summed E-state index contributed by atoms with van der Waals surface area (Å²) in [6.07, 6.45) is 7.03. The van der Waals surface area contributed by atoms with Gasteiger partial charge in [0.25, 0.3) is 0 Å². The molecule has 0 heterocycles. The number of hydrogen-bond acceptors (Lipinski definition) is 3. The maximum Gasteiger partial charge on any atom is 0.333 e. The first-order valence-electron chi connectivity index (χ1n) is 10.8. The standard InChI is InChI=1S/C24H40O3Si/c1-18(2)28(19(3)4,20(5)6)27-23-17-13-12-16-22(24(25)26-8)15-11-9-10-14-21(23)7/h15,18-20,23H,7,9,11-13,16-17H2,1-6,8H3/b22-15-. The fraction of sp³-hybridized carbons (Fsp3) is 0.708. The first-order valence-corrected chi connectivity index (χ1v) is 12.9. The Hall–Kier alpha value is -1.31. The number of carbonyl (C=O) groups excluding carboxylic acids is 1. The predicted molar refractivity (Wildman–Crippen MR) is 121 cm³/mol. The Balaban J connectivity index is 3.06. The van der Waals surface area contributed by atoms with Gasteiger partial charge in [-0.3, -0.25) is 0 Å². The zero-order valence-electron chi connectivity index (χ0n) is 19.1. The molecule has 0 amide bonds. The van der Waals surface area contributed by atoms with Crippen LogP contribution in [0.3, 0.4) is 0 Å². The molecule has 158 valence electrons. The van der Waals surface area contributed by atoms with E-state index in [1.165, 1.54) is 7.11 Å². The number of methoxy groups -OCH3 is 1. The molecule has 0 bridgehead atoms. The normalized spacial score (nSPS) is 21.4. The van der Waals surface area contributed by atoms with Crippen LogP contribution < -0.4 is 0 Å².